The third-order valence-electron chi connectivity index (χ3n) is 1.41. The molecule has 0 amide bonds. The fourth-order valence-corrected chi connectivity index (χ4v) is 0.144. The largest absolute Gasteiger partial charge is 0.397 e. The second-order valence-electron chi connectivity index (χ2n) is 2.65. The fraction of sp³-hybridized carbons (Fsp3) is 1.00. The van der Waals surface area contributed by atoms with E-state index in [4.69, 9.17) is 15.4 Å². The van der Waals surface area contributed by atoms with Crippen molar-refractivity contribution in [2.75, 3.05) is 13.7 Å². The maximum absolute atomic E-state index is 9.33. The van der Waals surface area contributed by atoms with Gasteiger partial charge < -0.3 is 10.8 Å². The Hall–Kier alpha value is -0.210. The lowest BCUT2D eigenvalue weighted by molar-refractivity contribution is 0.0652. The van der Waals surface area contributed by atoms with E-state index in [1.165, 1.54) is 0 Å². The van der Waals surface area contributed by atoms with Crippen LogP contribution in [-0.2, 0) is 14.6 Å². The molecule has 0 fully saturated rings. The second-order valence-corrected chi connectivity index (χ2v) is 3.84. The average Bonchev–Trinajstić information content (AvgIpc) is 2.04. The van der Waals surface area contributed by atoms with Crippen LogP contribution < -0.4 is 5.73 Å². The highest BCUT2D eigenvalue weighted by molar-refractivity contribution is 7.80. The zero-order valence-electron chi connectivity index (χ0n) is 8.02. The molecule has 0 aromatic rings. The Morgan fingerprint density at radius 1 is 1.54 bits per heavy atom. The Bertz CT molecular complexity index is 205. The SMILES string of the molecule is CCC(C)(O)CN.COS(=O)(=O)O. The molecule has 0 aliphatic carbocycles. The van der Waals surface area contributed by atoms with Crippen molar-refractivity contribution < 1.29 is 22.3 Å². The number of aliphatic hydroxyl groups is 1. The van der Waals surface area contributed by atoms with E-state index in [1.54, 1.807) is 6.92 Å². The van der Waals surface area contributed by atoms with Gasteiger partial charge in [-0.3, -0.25) is 8.74 Å². The van der Waals surface area contributed by atoms with Crippen LogP contribution in [0.1, 0.15) is 20.3 Å². The van der Waals surface area contributed by atoms with Gasteiger partial charge in [-0.15, -0.1) is 0 Å². The standard InChI is InChI=1S/C5H13NO.CH4O4S/c1-3-5(2,7)4-6;1-5-6(2,3)4/h7H,3-4,6H2,1-2H3;1H3,(H,2,3,4). The summed E-state index contributed by atoms with van der Waals surface area (Å²) in [5.74, 6) is 0. The fourth-order valence-electron chi connectivity index (χ4n) is 0.144. The number of hydrogen-bond donors (Lipinski definition) is 3. The zero-order valence-corrected chi connectivity index (χ0v) is 8.84. The van der Waals surface area contributed by atoms with Gasteiger partial charge in [0, 0.05) is 6.54 Å². The summed E-state index contributed by atoms with van der Waals surface area (Å²) in [4.78, 5) is 0. The first-order chi connectivity index (χ1) is 5.68. The zero-order chi connectivity index (χ0) is 11.1. The van der Waals surface area contributed by atoms with Gasteiger partial charge in [0.25, 0.3) is 0 Å². The highest BCUT2D eigenvalue weighted by atomic mass is 32.3. The Morgan fingerprint density at radius 2 is 1.85 bits per heavy atom. The molecule has 82 valence electrons. The molecule has 0 bridgehead atoms. The van der Waals surface area contributed by atoms with Gasteiger partial charge in [0.05, 0.1) is 12.7 Å². The first-order valence-electron chi connectivity index (χ1n) is 3.64. The maximum Gasteiger partial charge on any atom is 0.397 e. The van der Waals surface area contributed by atoms with E-state index < -0.39 is 16.0 Å². The van der Waals surface area contributed by atoms with Crippen LogP contribution in [0.15, 0.2) is 0 Å². The number of nitrogens with two attached hydrogens (primary N) is 1. The molecule has 0 aliphatic heterocycles. The predicted molar refractivity (Wildman–Crippen MR) is 48.5 cm³/mol. The smallest absolute Gasteiger partial charge is 0.389 e. The molecule has 4 N–H and O–H groups in total. The highest BCUT2D eigenvalue weighted by Crippen LogP contribution is 2.03. The lowest BCUT2D eigenvalue weighted by atomic mass is 10.1. The molecule has 0 aromatic heterocycles. The van der Waals surface area contributed by atoms with Crippen molar-refractivity contribution in [2.45, 2.75) is 25.9 Å². The van der Waals surface area contributed by atoms with Gasteiger partial charge in [0.1, 0.15) is 0 Å². The normalized spacial score (nSPS) is 15.5. The topological polar surface area (TPSA) is 110 Å². The van der Waals surface area contributed by atoms with Crippen LogP contribution >= 0.6 is 0 Å². The third-order valence-corrected chi connectivity index (χ3v) is 1.83. The Balaban J connectivity index is 0. The molecule has 0 saturated carbocycles. The Morgan fingerprint density at radius 3 is 1.85 bits per heavy atom. The molecule has 0 heterocycles. The first kappa shape index (κ1) is 15.3. The van der Waals surface area contributed by atoms with Gasteiger partial charge in [0.15, 0.2) is 0 Å². The predicted octanol–water partition coefficient (Wildman–Crippen LogP) is -0.458. The monoisotopic (exact) mass is 215 g/mol. The van der Waals surface area contributed by atoms with Crippen molar-refractivity contribution in [3.05, 3.63) is 0 Å². The molecule has 0 radical (unpaired) electrons. The average molecular weight is 215 g/mol. The molecule has 1 unspecified atom stereocenters. The summed E-state index contributed by atoms with van der Waals surface area (Å²) in [7, 11) is -3.29. The highest BCUT2D eigenvalue weighted by Gasteiger charge is 2.12. The molecular formula is C6H17NO5S. The molecule has 0 aromatic carbocycles. The summed E-state index contributed by atoms with van der Waals surface area (Å²) in [5.41, 5.74) is 4.53. The van der Waals surface area contributed by atoms with Crippen LogP contribution in [0.3, 0.4) is 0 Å². The lowest BCUT2D eigenvalue weighted by Crippen LogP contribution is -2.32. The molecule has 0 saturated heterocycles. The van der Waals surface area contributed by atoms with Gasteiger partial charge in [-0.2, -0.15) is 8.42 Å². The van der Waals surface area contributed by atoms with Crippen molar-refractivity contribution in [1.29, 1.82) is 0 Å². The first-order valence-corrected chi connectivity index (χ1v) is 5.00. The quantitative estimate of drug-likeness (QED) is 0.550. The minimum atomic E-state index is -4.16. The Kier molecular flexibility index (Phi) is 7.37. The summed E-state index contributed by atoms with van der Waals surface area (Å²) < 4.78 is 29.7. The molecule has 0 aliphatic rings. The van der Waals surface area contributed by atoms with Crippen LogP contribution in [0.25, 0.3) is 0 Å². The molecule has 13 heavy (non-hydrogen) atoms. The van der Waals surface area contributed by atoms with Crippen LogP contribution in [0, 0.1) is 0 Å². The lowest BCUT2D eigenvalue weighted by Gasteiger charge is -2.17. The molecule has 1 atom stereocenters. The van der Waals surface area contributed by atoms with E-state index in [2.05, 4.69) is 4.18 Å². The molecule has 0 spiro atoms. The van der Waals surface area contributed by atoms with Gasteiger partial charge in [0.2, 0.25) is 0 Å². The van der Waals surface area contributed by atoms with Crippen molar-refractivity contribution >= 4 is 10.4 Å². The van der Waals surface area contributed by atoms with Crippen molar-refractivity contribution in [1.82, 2.24) is 0 Å². The van der Waals surface area contributed by atoms with Crippen molar-refractivity contribution in [3.63, 3.8) is 0 Å². The summed E-state index contributed by atoms with van der Waals surface area (Å²) in [6.07, 6.45) is 0.726. The van der Waals surface area contributed by atoms with Crippen LogP contribution in [-0.4, -0.2) is 37.3 Å². The van der Waals surface area contributed by atoms with E-state index in [9.17, 15) is 8.42 Å². The second kappa shape index (κ2) is 6.28. The van der Waals surface area contributed by atoms with Gasteiger partial charge >= 0.3 is 10.4 Å². The van der Waals surface area contributed by atoms with E-state index in [1.807, 2.05) is 6.92 Å². The van der Waals surface area contributed by atoms with Gasteiger partial charge in [-0.05, 0) is 13.3 Å². The van der Waals surface area contributed by atoms with Gasteiger partial charge in [-0.25, -0.2) is 0 Å². The van der Waals surface area contributed by atoms with E-state index in [-0.39, 0.29) is 0 Å². The summed E-state index contributed by atoms with van der Waals surface area (Å²) >= 11 is 0. The third kappa shape index (κ3) is 14.6. The van der Waals surface area contributed by atoms with E-state index >= 15 is 0 Å². The van der Waals surface area contributed by atoms with Crippen LogP contribution in [0.4, 0.5) is 0 Å². The minimum Gasteiger partial charge on any atom is -0.389 e. The van der Waals surface area contributed by atoms with Gasteiger partial charge in [-0.1, -0.05) is 6.92 Å². The summed E-state index contributed by atoms with van der Waals surface area (Å²) in [6.45, 7) is 3.99. The summed E-state index contributed by atoms with van der Waals surface area (Å²) in [6, 6.07) is 0. The minimum absolute atomic E-state index is 0.351. The maximum atomic E-state index is 9.33. The summed E-state index contributed by atoms with van der Waals surface area (Å²) in [5, 5.41) is 9.01. The van der Waals surface area contributed by atoms with E-state index in [0.717, 1.165) is 13.5 Å². The number of hydrogen-bond acceptors (Lipinski definition) is 5. The van der Waals surface area contributed by atoms with Crippen LogP contribution in [0.5, 0.6) is 0 Å². The molecular weight excluding hydrogens is 198 g/mol. The van der Waals surface area contributed by atoms with Crippen molar-refractivity contribution in [3.8, 4) is 0 Å². The molecule has 6 nitrogen and oxygen atoms in total. The number of rotatable bonds is 3. The molecule has 7 heteroatoms. The Labute approximate surface area is 78.7 Å². The van der Waals surface area contributed by atoms with Crippen molar-refractivity contribution in [2.24, 2.45) is 5.73 Å². The molecule has 0 rings (SSSR count). The van der Waals surface area contributed by atoms with E-state index in [0.29, 0.717) is 6.54 Å². The van der Waals surface area contributed by atoms with Crippen LogP contribution in [0.2, 0.25) is 0 Å².